The number of hydrogen-bond acceptors (Lipinski definition) is 5. The second-order valence-electron chi connectivity index (χ2n) is 7.47. The van der Waals surface area contributed by atoms with Crippen LogP contribution in [-0.2, 0) is 16.6 Å². The summed E-state index contributed by atoms with van der Waals surface area (Å²) in [6.07, 6.45) is 1.76. The first-order chi connectivity index (χ1) is 13.2. The van der Waals surface area contributed by atoms with Gasteiger partial charge in [-0.3, -0.25) is 9.69 Å². The maximum absolute atomic E-state index is 12.5. The molecule has 0 aliphatic carbocycles. The molecule has 2 aliphatic rings. The van der Waals surface area contributed by atoms with Gasteiger partial charge in [0, 0.05) is 52.2 Å². The van der Waals surface area contributed by atoms with Crippen LogP contribution >= 0.6 is 0 Å². The largest absolute Gasteiger partial charge is 0.379 e. The van der Waals surface area contributed by atoms with E-state index < -0.39 is 0 Å². The van der Waals surface area contributed by atoms with Crippen molar-refractivity contribution in [2.75, 3.05) is 57.4 Å². The third-order valence-electron chi connectivity index (χ3n) is 5.74. The molecule has 0 unspecified atom stereocenters. The molecular formula is C20H29N5O2. The van der Waals surface area contributed by atoms with Crippen molar-refractivity contribution in [3.63, 3.8) is 0 Å². The Balaban J connectivity index is 1.26. The molecule has 1 N–H and O–H groups in total. The van der Waals surface area contributed by atoms with Crippen molar-refractivity contribution in [2.24, 2.45) is 13.0 Å². The molecule has 1 amide bonds. The fraction of sp³-hybridized carbons (Fsp3) is 0.600. The number of para-hydroxylation sites is 2. The van der Waals surface area contributed by atoms with Crippen molar-refractivity contribution in [3.05, 3.63) is 24.3 Å². The van der Waals surface area contributed by atoms with E-state index in [1.54, 1.807) is 0 Å². The Morgan fingerprint density at radius 2 is 1.93 bits per heavy atom. The smallest absolute Gasteiger partial charge is 0.223 e. The van der Waals surface area contributed by atoms with Gasteiger partial charge in [0.2, 0.25) is 11.9 Å². The zero-order valence-electron chi connectivity index (χ0n) is 16.1. The third-order valence-corrected chi connectivity index (χ3v) is 5.74. The lowest BCUT2D eigenvalue weighted by atomic mass is 9.96. The van der Waals surface area contributed by atoms with E-state index in [1.807, 2.05) is 18.2 Å². The molecule has 0 atom stereocenters. The molecule has 7 nitrogen and oxygen atoms in total. The molecule has 146 valence electrons. The number of nitrogens with zero attached hydrogens (tertiary/aromatic N) is 4. The number of anilines is 1. The third kappa shape index (κ3) is 4.09. The van der Waals surface area contributed by atoms with Crippen molar-refractivity contribution in [1.82, 2.24) is 19.8 Å². The van der Waals surface area contributed by atoms with Crippen LogP contribution in [0.5, 0.6) is 0 Å². The van der Waals surface area contributed by atoms with Gasteiger partial charge in [-0.2, -0.15) is 0 Å². The zero-order chi connectivity index (χ0) is 18.6. The number of carbonyl (C=O) groups is 1. The maximum atomic E-state index is 12.5. The second-order valence-corrected chi connectivity index (χ2v) is 7.47. The van der Waals surface area contributed by atoms with Crippen molar-refractivity contribution >= 4 is 22.9 Å². The van der Waals surface area contributed by atoms with Crippen LogP contribution in [0.1, 0.15) is 12.8 Å². The Kier molecular flexibility index (Phi) is 5.59. The number of ether oxygens (including phenoxy) is 1. The number of hydrogen-bond donors (Lipinski definition) is 1. The molecule has 0 saturated carbocycles. The minimum atomic E-state index is 0.112. The number of imidazole rings is 1. The van der Waals surface area contributed by atoms with Gasteiger partial charge in [-0.05, 0) is 25.0 Å². The molecule has 1 aromatic heterocycles. The number of carbonyl (C=O) groups excluding carboxylic acids is 1. The van der Waals surface area contributed by atoms with Gasteiger partial charge < -0.3 is 19.5 Å². The summed E-state index contributed by atoms with van der Waals surface area (Å²) in [6.45, 7) is 6.91. The summed E-state index contributed by atoms with van der Waals surface area (Å²) in [5, 5.41) is 3.13. The summed E-state index contributed by atoms with van der Waals surface area (Å²) in [5.74, 6) is 1.32. The lowest BCUT2D eigenvalue weighted by Gasteiger charge is -2.32. The van der Waals surface area contributed by atoms with E-state index in [0.717, 1.165) is 82.3 Å². The molecule has 0 spiro atoms. The monoisotopic (exact) mass is 371 g/mol. The Labute approximate surface area is 160 Å². The van der Waals surface area contributed by atoms with E-state index >= 15 is 0 Å². The zero-order valence-corrected chi connectivity index (χ0v) is 16.1. The van der Waals surface area contributed by atoms with Crippen LogP contribution in [-0.4, -0.2) is 72.8 Å². The van der Waals surface area contributed by atoms with E-state index in [1.165, 1.54) is 0 Å². The van der Waals surface area contributed by atoms with Crippen LogP contribution in [0.15, 0.2) is 24.3 Å². The van der Waals surface area contributed by atoms with Crippen LogP contribution < -0.4 is 10.2 Å². The Morgan fingerprint density at radius 1 is 1.19 bits per heavy atom. The number of fused-ring (bicyclic) bond motifs is 1. The van der Waals surface area contributed by atoms with Crippen LogP contribution in [0, 0.1) is 5.92 Å². The summed E-state index contributed by atoms with van der Waals surface area (Å²) in [7, 11) is 2.06. The van der Waals surface area contributed by atoms with Crippen LogP contribution in [0.2, 0.25) is 0 Å². The lowest BCUT2D eigenvalue weighted by molar-refractivity contribution is -0.125. The van der Waals surface area contributed by atoms with Crippen molar-refractivity contribution < 1.29 is 9.53 Å². The first kappa shape index (κ1) is 18.3. The molecule has 0 bridgehead atoms. The van der Waals surface area contributed by atoms with Gasteiger partial charge in [-0.1, -0.05) is 12.1 Å². The Hall–Kier alpha value is -2.12. The van der Waals surface area contributed by atoms with E-state index in [2.05, 4.69) is 32.8 Å². The molecular weight excluding hydrogens is 342 g/mol. The van der Waals surface area contributed by atoms with Crippen LogP contribution in [0.3, 0.4) is 0 Å². The molecule has 4 rings (SSSR count). The van der Waals surface area contributed by atoms with Crippen LogP contribution in [0.25, 0.3) is 11.0 Å². The summed E-state index contributed by atoms with van der Waals surface area (Å²) >= 11 is 0. The number of aryl methyl sites for hydroxylation is 1. The maximum Gasteiger partial charge on any atom is 0.223 e. The summed E-state index contributed by atoms with van der Waals surface area (Å²) < 4.78 is 7.51. The summed E-state index contributed by atoms with van der Waals surface area (Å²) in [5.41, 5.74) is 2.17. The predicted molar refractivity (Wildman–Crippen MR) is 106 cm³/mol. The highest BCUT2D eigenvalue weighted by Gasteiger charge is 2.27. The Bertz CT molecular complexity index is 776. The second kappa shape index (κ2) is 8.27. The predicted octanol–water partition coefficient (Wildman–Crippen LogP) is 1.24. The van der Waals surface area contributed by atoms with Crippen molar-refractivity contribution in [2.45, 2.75) is 12.8 Å². The molecule has 3 heterocycles. The van der Waals surface area contributed by atoms with E-state index in [0.29, 0.717) is 0 Å². The summed E-state index contributed by atoms with van der Waals surface area (Å²) in [4.78, 5) is 21.9. The normalized spacial score (nSPS) is 19.5. The highest BCUT2D eigenvalue weighted by atomic mass is 16.5. The van der Waals surface area contributed by atoms with Gasteiger partial charge in [-0.15, -0.1) is 0 Å². The van der Waals surface area contributed by atoms with E-state index in [-0.39, 0.29) is 11.8 Å². The quantitative estimate of drug-likeness (QED) is 0.857. The molecule has 2 saturated heterocycles. The summed E-state index contributed by atoms with van der Waals surface area (Å²) in [6, 6.07) is 8.21. The average Bonchev–Trinajstić information content (AvgIpc) is 3.06. The number of rotatable bonds is 5. The minimum Gasteiger partial charge on any atom is -0.379 e. The average molecular weight is 371 g/mol. The molecule has 7 heteroatoms. The molecule has 0 radical (unpaired) electrons. The molecule has 1 aromatic carbocycles. The number of amides is 1. The lowest BCUT2D eigenvalue weighted by Crippen LogP contribution is -2.44. The van der Waals surface area contributed by atoms with Gasteiger partial charge in [-0.25, -0.2) is 4.98 Å². The van der Waals surface area contributed by atoms with Crippen molar-refractivity contribution in [3.8, 4) is 0 Å². The van der Waals surface area contributed by atoms with Gasteiger partial charge in [0.1, 0.15) is 0 Å². The standard InChI is InChI=1S/C20H29N5O2/c1-23-18-5-3-2-4-17(18)22-20(23)25-9-6-16(7-10-25)19(26)21-8-11-24-12-14-27-15-13-24/h2-5,16H,6-15H2,1H3,(H,21,26). The van der Waals surface area contributed by atoms with Gasteiger partial charge in [0.05, 0.1) is 24.2 Å². The first-order valence-corrected chi connectivity index (χ1v) is 9.96. The molecule has 2 aliphatic heterocycles. The minimum absolute atomic E-state index is 0.112. The highest BCUT2D eigenvalue weighted by Crippen LogP contribution is 2.25. The topological polar surface area (TPSA) is 62.6 Å². The molecule has 27 heavy (non-hydrogen) atoms. The number of aromatic nitrogens is 2. The number of piperidine rings is 1. The van der Waals surface area contributed by atoms with E-state index in [4.69, 9.17) is 9.72 Å². The number of nitrogens with one attached hydrogen (secondary N) is 1. The molecule has 2 aromatic rings. The first-order valence-electron chi connectivity index (χ1n) is 9.96. The van der Waals surface area contributed by atoms with Crippen LogP contribution in [0.4, 0.5) is 5.95 Å². The highest BCUT2D eigenvalue weighted by molar-refractivity contribution is 5.80. The van der Waals surface area contributed by atoms with E-state index in [9.17, 15) is 4.79 Å². The van der Waals surface area contributed by atoms with Gasteiger partial charge >= 0.3 is 0 Å². The van der Waals surface area contributed by atoms with Gasteiger partial charge in [0.25, 0.3) is 0 Å². The Morgan fingerprint density at radius 3 is 2.67 bits per heavy atom. The number of benzene rings is 1. The SMILES string of the molecule is Cn1c(N2CCC(C(=O)NCCN3CCOCC3)CC2)nc2ccccc21. The van der Waals surface area contributed by atoms with Gasteiger partial charge in [0.15, 0.2) is 0 Å². The number of morpholine rings is 1. The fourth-order valence-electron chi connectivity index (χ4n) is 4.06. The molecule has 2 fully saturated rings. The fourth-order valence-corrected chi connectivity index (χ4v) is 4.06. The van der Waals surface area contributed by atoms with Crippen molar-refractivity contribution in [1.29, 1.82) is 0 Å².